The zero-order chi connectivity index (χ0) is 13.5. The van der Waals surface area contributed by atoms with Crippen LogP contribution in [0, 0.1) is 0 Å². The van der Waals surface area contributed by atoms with E-state index in [1.54, 1.807) is 30.9 Å². The lowest BCUT2D eigenvalue weighted by atomic mass is 10.3. The topological polar surface area (TPSA) is 84.7 Å². The summed E-state index contributed by atoms with van der Waals surface area (Å²) in [5.74, 6) is 0.446. The number of anilines is 1. The summed E-state index contributed by atoms with van der Waals surface area (Å²) in [4.78, 5) is 19.8. The Kier molecular flexibility index (Phi) is 4.57. The van der Waals surface area contributed by atoms with Crippen molar-refractivity contribution in [3.05, 3.63) is 30.9 Å². The van der Waals surface area contributed by atoms with E-state index >= 15 is 0 Å². The van der Waals surface area contributed by atoms with Crippen LogP contribution in [0.5, 0.6) is 0 Å². The minimum Gasteiger partial charge on any atom is -0.323 e. The second kappa shape index (κ2) is 6.60. The number of hydrogen-bond donors (Lipinski definition) is 2. The van der Waals surface area contributed by atoms with Crippen molar-refractivity contribution in [2.45, 2.75) is 12.8 Å². The van der Waals surface area contributed by atoms with Gasteiger partial charge in [-0.25, -0.2) is 14.6 Å². The molecule has 0 saturated heterocycles. The Balaban J connectivity index is 1.93. The fourth-order valence-corrected chi connectivity index (χ4v) is 1.56. The second-order valence-corrected chi connectivity index (χ2v) is 3.98. The van der Waals surface area contributed by atoms with Gasteiger partial charge in [0.1, 0.15) is 0 Å². The van der Waals surface area contributed by atoms with E-state index in [0.29, 0.717) is 18.1 Å². The van der Waals surface area contributed by atoms with Gasteiger partial charge in [0.15, 0.2) is 0 Å². The lowest BCUT2D eigenvalue weighted by molar-refractivity contribution is -0.116. The summed E-state index contributed by atoms with van der Waals surface area (Å²) in [6.45, 7) is 0.824. The standard InChI is InChI=1S/C12H16N6O/c1-13-5-2-4-11(19)17-10-8-16-18(9-10)12-14-6-3-7-15-12/h3,6-9,13H,2,4-5H2,1H3,(H,17,19). The Morgan fingerprint density at radius 3 is 2.89 bits per heavy atom. The average Bonchev–Trinajstić information content (AvgIpc) is 2.88. The van der Waals surface area contributed by atoms with Crippen LogP contribution in [0.1, 0.15) is 12.8 Å². The highest BCUT2D eigenvalue weighted by molar-refractivity contribution is 5.90. The molecular formula is C12H16N6O. The first-order valence-electron chi connectivity index (χ1n) is 6.06. The molecule has 19 heavy (non-hydrogen) atoms. The van der Waals surface area contributed by atoms with E-state index < -0.39 is 0 Å². The van der Waals surface area contributed by atoms with Gasteiger partial charge < -0.3 is 10.6 Å². The Hall–Kier alpha value is -2.28. The summed E-state index contributed by atoms with van der Waals surface area (Å²) in [5.41, 5.74) is 0.641. The quantitative estimate of drug-likeness (QED) is 0.743. The predicted molar refractivity (Wildman–Crippen MR) is 70.9 cm³/mol. The molecule has 0 saturated carbocycles. The summed E-state index contributed by atoms with van der Waals surface area (Å²) >= 11 is 0. The molecule has 0 bridgehead atoms. The zero-order valence-corrected chi connectivity index (χ0v) is 10.7. The molecule has 2 aromatic heterocycles. The molecule has 1 amide bonds. The molecule has 0 fully saturated rings. The molecule has 2 heterocycles. The average molecular weight is 260 g/mol. The molecule has 0 radical (unpaired) electrons. The fraction of sp³-hybridized carbons (Fsp3) is 0.333. The number of amides is 1. The minimum atomic E-state index is -0.0243. The molecule has 0 spiro atoms. The molecule has 0 aliphatic carbocycles. The molecule has 0 atom stereocenters. The third-order valence-electron chi connectivity index (χ3n) is 2.45. The van der Waals surface area contributed by atoms with E-state index in [-0.39, 0.29) is 5.91 Å². The molecule has 7 nitrogen and oxygen atoms in total. The van der Waals surface area contributed by atoms with Gasteiger partial charge in [-0.2, -0.15) is 5.10 Å². The van der Waals surface area contributed by atoms with Crippen molar-refractivity contribution in [1.82, 2.24) is 25.1 Å². The maximum absolute atomic E-state index is 11.6. The third-order valence-corrected chi connectivity index (χ3v) is 2.45. The number of aromatic nitrogens is 4. The molecular weight excluding hydrogens is 244 g/mol. The first-order chi connectivity index (χ1) is 9.29. The van der Waals surface area contributed by atoms with Crippen LogP contribution in [0.25, 0.3) is 5.95 Å². The van der Waals surface area contributed by atoms with Crippen LogP contribution in [-0.2, 0) is 4.79 Å². The molecule has 0 aromatic carbocycles. The van der Waals surface area contributed by atoms with E-state index in [1.807, 2.05) is 7.05 Å². The van der Waals surface area contributed by atoms with Crippen LogP contribution in [0.3, 0.4) is 0 Å². The molecule has 0 aliphatic heterocycles. The number of rotatable bonds is 6. The summed E-state index contributed by atoms with van der Waals surface area (Å²) in [6, 6.07) is 1.73. The van der Waals surface area contributed by atoms with Crippen LogP contribution in [0.2, 0.25) is 0 Å². The van der Waals surface area contributed by atoms with Crippen molar-refractivity contribution in [1.29, 1.82) is 0 Å². The highest BCUT2D eigenvalue weighted by Gasteiger charge is 2.06. The number of nitrogens with zero attached hydrogens (tertiary/aromatic N) is 4. The van der Waals surface area contributed by atoms with Crippen LogP contribution in [0.15, 0.2) is 30.9 Å². The number of carbonyl (C=O) groups is 1. The number of carbonyl (C=O) groups excluding carboxylic acids is 1. The summed E-state index contributed by atoms with van der Waals surface area (Å²) in [6.07, 6.45) is 7.82. The molecule has 7 heteroatoms. The van der Waals surface area contributed by atoms with Crippen LogP contribution >= 0.6 is 0 Å². The summed E-state index contributed by atoms with van der Waals surface area (Å²) < 4.78 is 1.52. The van der Waals surface area contributed by atoms with Crippen molar-refractivity contribution in [2.24, 2.45) is 0 Å². The van der Waals surface area contributed by atoms with E-state index in [2.05, 4.69) is 25.7 Å². The van der Waals surface area contributed by atoms with Crippen molar-refractivity contribution in [3.63, 3.8) is 0 Å². The Labute approximate surface area is 111 Å². The molecule has 2 rings (SSSR count). The van der Waals surface area contributed by atoms with Crippen molar-refractivity contribution >= 4 is 11.6 Å². The maximum Gasteiger partial charge on any atom is 0.250 e. The normalized spacial score (nSPS) is 10.4. The van der Waals surface area contributed by atoms with Crippen LogP contribution in [-0.4, -0.2) is 39.2 Å². The summed E-state index contributed by atoms with van der Waals surface area (Å²) in [7, 11) is 1.86. The van der Waals surface area contributed by atoms with Crippen molar-refractivity contribution < 1.29 is 4.79 Å². The van der Waals surface area contributed by atoms with E-state index in [0.717, 1.165) is 13.0 Å². The predicted octanol–water partition coefficient (Wildman–Crippen LogP) is 0.600. The first kappa shape index (κ1) is 13.2. The largest absolute Gasteiger partial charge is 0.323 e. The Morgan fingerprint density at radius 2 is 2.16 bits per heavy atom. The molecule has 2 N–H and O–H groups in total. The van der Waals surface area contributed by atoms with Gasteiger partial charge in [-0.1, -0.05) is 0 Å². The first-order valence-corrected chi connectivity index (χ1v) is 6.06. The highest BCUT2D eigenvalue weighted by atomic mass is 16.1. The molecule has 0 aliphatic rings. The number of nitrogens with one attached hydrogen (secondary N) is 2. The number of hydrogen-bond acceptors (Lipinski definition) is 5. The second-order valence-electron chi connectivity index (χ2n) is 3.98. The van der Waals surface area contributed by atoms with Crippen LogP contribution in [0.4, 0.5) is 5.69 Å². The van der Waals surface area contributed by atoms with Gasteiger partial charge in [-0.05, 0) is 26.1 Å². The smallest absolute Gasteiger partial charge is 0.250 e. The highest BCUT2D eigenvalue weighted by Crippen LogP contribution is 2.08. The SMILES string of the molecule is CNCCCC(=O)Nc1cnn(-c2ncccn2)c1. The summed E-state index contributed by atoms with van der Waals surface area (Å²) in [5, 5.41) is 9.89. The van der Waals surface area contributed by atoms with Gasteiger partial charge >= 0.3 is 0 Å². The van der Waals surface area contributed by atoms with Crippen molar-refractivity contribution in [2.75, 3.05) is 18.9 Å². The van der Waals surface area contributed by atoms with E-state index in [1.165, 1.54) is 4.68 Å². The lowest BCUT2D eigenvalue weighted by Crippen LogP contribution is -2.14. The van der Waals surface area contributed by atoms with Gasteiger partial charge in [0.25, 0.3) is 0 Å². The molecule has 0 unspecified atom stereocenters. The zero-order valence-electron chi connectivity index (χ0n) is 10.7. The van der Waals surface area contributed by atoms with Gasteiger partial charge in [-0.15, -0.1) is 0 Å². The van der Waals surface area contributed by atoms with Crippen LogP contribution < -0.4 is 10.6 Å². The monoisotopic (exact) mass is 260 g/mol. The van der Waals surface area contributed by atoms with Gasteiger partial charge in [0.05, 0.1) is 18.1 Å². The fourth-order valence-electron chi connectivity index (χ4n) is 1.56. The maximum atomic E-state index is 11.6. The minimum absolute atomic E-state index is 0.0243. The third kappa shape index (κ3) is 3.85. The Morgan fingerprint density at radius 1 is 1.37 bits per heavy atom. The van der Waals surface area contributed by atoms with Crippen molar-refractivity contribution in [3.8, 4) is 5.95 Å². The van der Waals surface area contributed by atoms with E-state index in [9.17, 15) is 4.79 Å². The van der Waals surface area contributed by atoms with Gasteiger partial charge in [0, 0.05) is 18.8 Å². The molecule has 100 valence electrons. The molecule has 2 aromatic rings. The van der Waals surface area contributed by atoms with E-state index in [4.69, 9.17) is 0 Å². The Bertz CT molecular complexity index is 524. The van der Waals surface area contributed by atoms with Gasteiger partial charge in [-0.3, -0.25) is 4.79 Å². The van der Waals surface area contributed by atoms with Gasteiger partial charge in [0.2, 0.25) is 11.9 Å². The lowest BCUT2D eigenvalue weighted by Gasteiger charge is -2.01.